The van der Waals surface area contributed by atoms with E-state index in [1.165, 1.54) is 12.1 Å². The Hall–Kier alpha value is -2.00. The molecular weight excluding hydrogens is 475 g/mol. The lowest BCUT2D eigenvalue weighted by molar-refractivity contribution is 0.241. The van der Waals surface area contributed by atoms with Crippen LogP contribution in [0.4, 0.5) is 4.39 Å². The summed E-state index contributed by atoms with van der Waals surface area (Å²) in [7, 11) is -3.54. The van der Waals surface area contributed by atoms with E-state index in [0.717, 1.165) is 29.9 Å². The molecule has 6 nitrogen and oxygen atoms in total. The summed E-state index contributed by atoms with van der Waals surface area (Å²) < 4.78 is 41.6. The number of sulfonamides is 1. The molecule has 1 spiro atoms. The lowest BCUT2D eigenvalue weighted by Gasteiger charge is -2.44. The summed E-state index contributed by atoms with van der Waals surface area (Å²) in [6, 6.07) is 13.8. The van der Waals surface area contributed by atoms with Gasteiger partial charge in [-0.3, -0.25) is 4.99 Å². The Morgan fingerprint density at radius 3 is 2.47 bits per heavy atom. The van der Waals surface area contributed by atoms with Crippen molar-refractivity contribution in [3.63, 3.8) is 0 Å². The second-order valence-corrected chi connectivity index (χ2v) is 11.3. The Morgan fingerprint density at radius 1 is 1.12 bits per heavy atom. The van der Waals surface area contributed by atoms with Crippen molar-refractivity contribution in [1.82, 2.24) is 14.9 Å². The van der Waals surface area contributed by atoms with Gasteiger partial charge in [0.05, 0.1) is 17.0 Å². The van der Waals surface area contributed by atoms with Crippen molar-refractivity contribution < 1.29 is 12.8 Å². The molecule has 0 radical (unpaired) electrons. The molecule has 4 rings (SSSR count). The zero-order valence-electron chi connectivity index (χ0n) is 19.8. The second kappa shape index (κ2) is 11.2. The number of rotatable bonds is 6. The number of benzene rings is 2. The van der Waals surface area contributed by atoms with E-state index in [2.05, 4.69) is 24.5 Å². The van der Waals surface area contributed by atoms with E-state index < -0.39 is 10.0 Å². The predicted molar refractivity (Wildman–Crippen MR) is 137 cm³/mol. The molecule has 2 N–H and O–H groups in total. The molecule has 2 heterocycles. The average Bonchev–Trinajstić information content (AvgIpc) is 2.79. The van der Waals surface area contributed by atoms with Crippen LogP contribution < -0.4 is 10.6 Å². The van der Waals surface area contributed by atoms with Gasteiger partial charge < -0.3 is 10.6 Å². The van der Waals surface area contributed by atoms with Gasteiger partial charge in [-0.1, -0.05) is 38.1 Å². The molecule has 0 amide bonds. The van der Waals surface area contributed by atoms with Crippen molar-refractivity contribution in [3.8, 4) is 0 Å². The Balaban J connectivity index is 0.00000324. The van der Waals surface area contributed by atoms with Gasteiger partial charge in [0.2, 0.25) is 10.0 Å². The lowest BCUT2D eigenvalue weighted by Crippen LogP contribution is -2.64. The Morgan fingerprint density at radius 2 is 1.82 bits per heavy atom. The molecule has 1 saturated heterocycles. The van der Waals surface area contributed by atoms with Crippen LogP contribution in [-0.2, 0) is 23.0 Å². The number of nitrogens with zero attached hydrogens (tertiary/aromatic N) is 2. The van der Waals surface area contributed by atoms with E-state index in [4.69, 9.17) is 4.99 Å². The fourth-order valence-corrected chi connectivity index (χ4v) is 6.14. The smallest absolute Gasteiger partial charge is 0.243 e. The molecule has 2 aliphatic heterocycles. The first-order valence-electron chi connectivity index (χ1n) is 11.7. The van der Waals surface area contributed by atoms with Crippen LogP contribution >= 0.6 is 12.4 Å². The molecule has 0 aliphatic carbocycles. The van der Waals surface area contributed by atoms with Crippen LogP contribution in [0.2, 0.25) is 0 Å². The largest absolute Gasteiger partial charge is 0.368 e. The van der Waals surface area contributed by atoms with Crippen molar-refractivity contribution in [1.29, 1.82) is 0 Å². The SMILES string of the molecule is CC(C)Cc1ccc(S(=O)(=O)N2CCC3(CC2)NCCN=C3NCc2cccc(F)c2)cc1.Cl. The first-order chi connectivity index (χ1) is 15.8. The normalized spacial score (nSPS) is 18.4. The van der Waals surface area contributed by atoms with Crippen molar-refractivity contribution in [2.24, 2.45) is 10.9 Å². The number of hydrogen-bond acceptors (Lipinski definition) is 5. The first kappa shape index (κ1) is 26.6. The van der Waals surface area contributed by atoms with Gasteiger partial charge in [0, 0.05) is 26.2 Å². The van der Waals surface area contributed by atoms with E-state index in [-0.39, 0.29) is 23.8 Å². The maximum atomic E-state index is 13.5. The molecule has 0 unspecified atom stereocenters. The summed E-state index contributed by atoms with van der Waals surface area (Å²) in [4.78, 5) is 5.05. The van der Waals surface area contributed by atoms with Crippen LogP contribution in [0.25, 0.3) is 0 Å². The predicted octanol–water partition coefficient (Wildman–Crippen LogP) is 3.76. The summed E-state index contributed by atoms with van der Waals surface area (Å²) in [5.74, 6) is 1.11. The van der Waals surface area contributed by atoms with E-state index in [1.807, 2.05) is 18.2 Å². The van der Waals surface area contributed by atoms with E-state index in [0.29, 0.717) is 49.8 Å². The zero-order chi connectivity index (χ0) is 23.5. The van der Waals surface area contributed by atoms with Gasteiger partial charge in [0.25, 0.3) is 0 Å². The average molecular weight is 509 g/mol. The summed E-state index contributed by atoms with van der Waals surface area (Å²) >= 11 is 0. The van der Waals surface area contributed by atoms with Crippen molar-refractivity contribution >= 4 is 28.3 Å². The number of nitrogens with one attached hydrogen (secondary N) is 2. The van der Waals surface area contributed by atoms with Crippen LogP contribution in [0.1, 0.15) is 37.8 Å². The van der Waals surface area contributed by atoms with Gasteiger partial charge in [-0.2, -0.15) is 4.31 Å². The minimum absolute atomic E-state index is 0. The van der Waals surface area contributed by atoms with Gasteiger partial charge in [0.15, 0.2) is 0 Å². The molecule has 34 heavy (non-hydrogen) atoms. The van der Waals surface area contributed by atoms with Crippen LogP contribution in [-0.4, -0.2) is 50.3 Å². The van der Waals surface area contributed by atoms with Crippen molar-refractivity contribution in [3.05, 3.63) is 65.5 Å². The topological polar surface area (TPSA) is 73.8 Å². The lowest BCUT2D eigenvalue weighted by atomic mass is 9.85. The van der Waals surface area contributed by atoms with E-state index >= 15 is 0 Å². The molecular formula is C25H34ClFN4O2S. The molecule has 2 aliphatic rings. The number of piperidine rings is 1. The third kappa shape index (κ3) is 5.97. The molecule has 0 atom stereocenters. The van der Waals surface area contributed by atoms with Gasteiger partial charge in [-0.25, -0.2) is 12.8 Å². The summed E-state index contributed by atoms with van der Waals surface area (Å²) in [5.41, 5.74) is 1.62. The van der Waals surface area contributed by atoms with Crippen LogP contribution in [0.3, 0.4) is 0 Å². The fraction of sp³-hybridized carbons (Fsp3) is 0.480. The van der Waals surface area contributed by atoms with Gasteiger partial charge in [0.1, 0.15) is 11.7 Å². The standard InChI is InChI=1S/C25H33FN4O2S.ClH/c1-19(2)16-20-6-8-23(9-7-20)33(31,32)30-14-10-25(11-15-30)24(27-12-13-29-25)28-18-21-4-3-5-22(26)17-21;/h3-9,17,19,29H,10-16,18H2,1-2H3,(H,27,28);1H. The third-order valence-corrected chi connectivity index (χ3v) is 8.34. The van der Waals surface area contributed by atoms with E-state index in [9.17, 15) is 12.8 Å². The molecule has 0 bridgehead atoms. The first-order valence-corrected chi connectivity index (χ1v) is 13.1. The zero-order valence-corrected chi connectivity index (χ0v) is 21.4. The summed E-state index contributed by atoms with van der Waals surface area (Å²) in [6.45, 7) is 7.04. The highest BCUT2D eigenvalue weighted by molar-refractivity contribution is 7.89. The Kier molecular flexibility index (Phi) is 8.73. The highest BCUT2D eigenvalue weighted by Crippen LogP contribution is 2.29. The third-order valence-electron chi connectivity index (χ3n) is 6.43. The number of halogens is 2. The molecule has 9 heteroatoms. The van der Waals surface area contributed by atoms with Crippen LogP contribution in [0, 0.1) is 11.7 Å². The van der Waals surface area contributed by atoms with Gasteiger partial charge in [-0.15, -0.1) is 12.4 Å². The number of hydrogen-bond donors (Lipinski definition) is 2. The van der Waals surface area contributed by atoms with Gasteiger partial charge in [-0.05, 0) is 60.6 Å². The fourth-order valence-electron chi connectivity index (χ4n) is 4.70. The van der Waals surface area contributed by atoms with Gasteiger partial charge >= 0.3 is 0 Å². The van der Waals surface area contributed by atoms with E-state index in [1.54, 1.807) is 22.5 Å². The number of aliphatic imine (C=N–C) groups is 1. The second-order valence-electron chi connectivity index (χ2n) is 9.37. The van der Waals surface area contributed by atoms with Crippen molar-refractivity contribution in [2.75, 3.05) is 26.2 Å². The molecule has 0 aromatic heterocycles. The quantitative estimate of drug-likeness (QED) is 0.623. The van der Waals surface area contributed by atoms with Crippen LogP contribution in [0.5, 0.6) is 0 Å². The Labute approximate surface area is 208 Å². The summed E-state index contributed by atoms with van der Waals surface area (Å²) in [5, 5.41) is 6.97. The maximum absolute atomic E-state index is 13.5. The monoisotopic (exact) mass is 508 g/mol. The van der Waals surface area contributed by atoms with Crippen LogP contribution in [0.15, 0.2) is 58.4 Å². The highest BCUT2D eigenvalue weighted by Gasteiger charge is 2.43. The molecule has 1 fully saturated rings. The minimum atomic E-state index is -3.54. The molecule has 186 valence electrons. The number of amidine groups is 1. The maximum Gasteiger partial charge on any atom is 0.243 e. The molecule has 2 aromatic carbocycles. The molecule has 0 saturated carbocycles. The summed E-state index contributed by atoms with van der Waals surface area (Å²) in [6.07, 6.45) is 2.20. The Bertz CT molecular complexity index is 1100. The molecule has 2 aromatic rings. The van der Waals surface area contributed by atoms with Crippen molar-refractivity contribution in [2.45, 2.75) is 50.1 Å². The minimum Gasteiger partial charge on any atom is -0.368 e. The highest BCUT2D eigenvalue weighted by atomic mass is 35.5.